The highest BCUT2D eigenvalue weighted by atomic mass is 16.5. The van der Waals surface area contributed by atoms with Gasteiger partial charge in [0.05, 0.1) is 13.2 Å². The van der Waals surface area contributed by atoms with Gasteiger partial charge >= 0.3 is 0 Å². The van der Waals surface area contributed by atoms with Gasteiger partial charge < -0.3 is 9.84 Å². The van der Waals surface area contributed by atoms with Gasteiger partial charge in [-0.15, -0.1) is 0 Å². The van der Waals surface area contributed by atoms with Crippen molar-refractivity contribution < 1.29 is 9.84 Å². The first kappa shape index (κ1) is 5.98. The molecule has 0 fully saturated rings. The lowest BCUT2D eigenvalue weighted by Crippen LogP contribution is -1.99. The normalized spacial score (nSPS) is 8.83. The highest BCUT2D eigenvalue weighted by Gasteiger charge is 1.73. The SMILES string of the molecule is [B]COCCO. The predicted molar refractivity (Wildman–Crippen MR) is 23.7 cm³/mol. The molecule has 2 radical (unpaired) electrons. The Hall–Kier alpha value is -0.0151. The molecule has 0 heterocycles. The molecule has 0 aliphatic rings. The minimum absolute atomic E-state index is 0.0528. The zero-order valence-corrected chi connectivity index (χ0v) is 3.55. The maximum atomic E-state index is 8.02. The zero-order chi connectivity index (χ0) is 4.83. The summed E-state index contributed by atoms with van der Waals surface area (Å²) in [6.45, 7) is 0.592. The Kier molecular flexibility index (Phi) is 4.97. The molecule has 0 atom stereocenters. The number of hydrogen-bond acceptors (Lipinski definition) is 2. The molecule has 3 heteroatoms. The molecular formula is C3H7BO2. The first-order valence-electron chi connectivity index (χ1n) is 1.80. The quantitative estimate of drug-likeness (QED) is 0.357. The number of hydrogen-bond donors (Lipinski definition) is 1. The highest BCUT2D eigenvalue weighted by Crippen LogP contribution is 1.63. The van der Waals surface area contributed by atoms with Crippen molar-refractivity contribution in [2.75, 3.05) is 19.7 Å². The molecule has 2 nitrogen and oxygen atoms in total. The van der Waals surface area contributed by atoms with Crippen LogP contribution in [-0.4, -0.2) is 32.7 Å². The van der Waals surface area contributed by atoms with Gasteiger partial charge in [0.25, 0.3) is 0 Å². The van der Waals surface area contributed by atoms with Crippen molar-refractivity contribution in [2.45, 2.75) is 0 Å². The monoisotopic (exact) mass is 86.1 g/mol. The van der Waals surface area contributed by atoms with Gasteiger partial charge in [-0.3, -0.25) is 0 Å². The van der Waals surface area contributed by atoms with Crippen LogP contribution in [0.1, 0.15) is 0 Å². The summed E-state index contributed by atoms with van der Waals surface area (Å²) in [7, 11) is 4.88. The summed E-state index contributed by atoms with van der Waals surface area (Å²) in [6, 6.07) is 0. The van der Waals surface area contributed by atoms with Gasteiger partial charge in [0.15, 0.2) is 0 Å². The van der Waals surface area contributed by atoms with Crippen molar-refractivity contribution in [3.63, 3.8) is 0 Å². The number of aliphatic hydroxyl groups excluding tert-OH is 1. The van der Waals surface area contributed by atoms with E-state index in [1.807, 2.05) is 0 Å². The van der Waals surface area contributed by atoms with Crippen LogP contribution in [0, 0.1) is 0 Å². The van der Waals surface area contributed by atoms with Gasteiger partial charge in [-0.2, -0.15) is 0 Å². The third-order valence-corrected chi connectivity index (χ3v) is 0.353. The van der Waals surface area contributed by atoms with E-state index in [2.05, 4.69) is 4.74 Å². The van der Waals surface area contributed by atoms with E-state index in [4.69, 9.17) is 13.0 Å². The van der Waals surface area contributed by atoms with Gasteiger partial charge in [-0.1, -0.05) is 0 Å². The van der Waals surface area contributed by atoms with E-state index in [1.165, 1.54) is 0 Å². The minimum Gasteiger partial charge on any atom is -0.394 e. The lowest BCUT2D eigenvalue weighted by Gasteiger charge is -1.91. The Morgan fingerprint density at radius 1 is 1.67 bits per heavy atom. The summed E-state index contributed by atoms with van der Waals surface area (Å²) in [6.07, 6.45) is 0. The molecule has 6 heavy (non-hydrogen) atoms. The maximum Gasteiger partial charge on any atom is 0.104 e. The van der Waals surface area contributed by atoms with Gasteiger partial charge in [0.1, 0.15) is 7.85 Å². The van der Waals surface area contributed by atoms with E-state index in [0.29, 0.717) is 6.61 Å². The fourth-order valence-corrected chi connectivity index (χ4v) is 0.148. The van der Waals surface area contributed by atoms with Crippen LogP contribution in [0.2, 0.25) is 0 Å². The van der Waals surface area contributed by atoms with Gasteiger partial charge in [0.2, 0.25) is 0 Å². The predicted octanol–water partition coefficient (Wildman–Crippen LogP) is -0.879. The Balaban J connectivity index is 2.34. The lowest BCUT2D eigenvalue weighted by atomic mass is 10.2. The van der Waals surface area contributed by atoms with E-state index in [1.54, 1.807) is 0 Å². The molecule has 0 aliphatic carbocycles. The second kappa shape index (κ2) is 4.98. The van der Waals surface area contributed by atoms with Crippen molar-refractivity contribution in [1.29, 1.82) is 0 Å². The average molecular weight is 85.9 g/mol. The van der Waals surface area contributed by atoms with Crippen molar-refractivity contribution in [1.82, 2.24) is 0 Å². The molecule has 0 aromatic carbocycles. The average Bonchev–Trinajstić information content (AvgIpc) is 1.61. The molecule has 0 spiro atoms. The van der Waals surface area contributed by atoms with Gasteiger partial charge in [0, 0.05) is 6.51 Å². The standard InChI is InChI=1S/C3H7BO2/c4-3-6-2-1-5/h5H,1-3H2. The fourth-order valence-electron chi connectivity index (χ4n) is 0.148. The van der Waals surface area contributed by atoms with E-state index < -0.39 is 0 Å². The lowest BCUT2D eigenvalue weighted by molar-refractivity contribution is 0.123. The van der Waals surface area contributed by atoms with Crippen molar-refractivity contribution in [3.8, 4) is 0 Å². The molecule has 0 saturated carbocycles. The summed E-state index contributed by atoms with van der Waals surface area (Å²) in [5, 5.41) is 8.02. The van der Waals surface area contributed by atoms with Crippen LogP contribution < -0.4 is 0 Å². The zero-order valence-electron chi connectivity index (χ0n) is 3.55. The number of rotatable bonds is 3. The van der Waals surface area contributed by atoms with E-state index in [-0.39, 0.29) is 13.1 Å². The van der Waals surface area contributed by atoms with Crippen LogP contribution in [0.3, 0.4) is 0 Å². The molecule has 0 aliphatic heterocycles. The van der Waals surface area contributed by atoms with E-state index in [9.17, 15) is 0 Å². The van der Waals surface area contributed by atoms with Gasteiger partial charge in [-0.25, -0.2) is 0 Å². The Morgan fingerprint density at radius 2 is 2.33 bits per heavy atom. The molecule has 0 saturated heterocycles. The van der Waals surface area contributed by atoms with Crippen LogP contribution in [0.15, 0.2) is 0 Å². The molecule has 0 rings (SSSR count). The van der Waals surface area contributed by atoms with E-state index >= 15 is 0 Å². The van der Waals surface area contributed by atoms with Crippen LogP contribution in [0.5, 0.6) is 0 Å². The Bertz CT molecular complexity index is 20.8. The topological polar surface area (TPSA) is 29.5 Å². The van der Waals surface area contributed by atoms with Crippen molar-refractivity contribution in [2.24, 2.45) is 0 Å². The molecule has 1 N–H and O–H groups in total. The largest absolute Gasteiger partial charge is 0.394 e. The van der Waals surface area contributed by atoms with E-state index in [0.717, 1.165) is 0 Å². The minimum atomic E-state index is 0.0528. The Labute approximate surface area is 38.5 Å². The molecule has 34 valence electrons. The Morgan fingerprint density at radius 3 is 2.50 bits per heavy atom. The second-order valence-corrected chi connectivity index (χ2v) is 0.799. The summed E-state index contributed by atoms with van der Waals surface area (Å²) in [5.41, 5.74) is 0. The van der Waals surface area contributed by atoms with Gasteiger partial charge in [-0.05, 0) is 0 Å². The third kappa shape index (κ3) is 3.98. The fraction of sp³-hybridized carbons (Fsp3) is 1.00. The number of ether oxygens (including phenoxy) is 1. The second-order valence-electron chi connectivity index (χ2n) is 0.799. The number of aliphatic hydroxyl groups is 1. The summed E-state index contributed by atoms with van der Waals surface area (Å²) in [4.78, 5) is 0. The van der Waals surface area contributed by atoms with Crippen LogP contribution >= 0.6 is 0 Å². The molecule has 0 aromatic rings. The van der Waals surface area contributed by atoms with Crippen LogP contribution in [-0.2, 0) is 4.74 Å². The molecular weight excluding hydrogens is 78.8 g/mol. The van der Waals surface area contributed by atoms with Crippen LogP contribution in [0.25, 0.3) is 0 Å². The smallest absolute Gasteiger partial charge is 0.104 e. The van der Waals surface area contributed by atoms with Crippen LogP contribution in [0.4, 0.5) is 0 Å². The summed E-state index contributed by atoms with van der Waals surface area (Å²) < 4.78 is 4.51. The first-order chi connectivity index (χ1) is 2.91. The summed E-state index contributed by atoms with van der Waals surface area (Å²) in [5.74, 6) is 0. The summed E-state index contributed by atoms with van der Waals surface area (Å²) >= 11 is 0. The molecule has 0 amide bonds. The molecule has 0 unspecified atom stereocenters. The van der Waals surface area contributed by atoms with Crippen molar-refractivity contribution >= 4 is 7.85 Å². The third-order valence-electron chi connectivity index (χ3n) is 0.353. The highest BCUT2D eigenvalue weighted by molar-refractivity contribution is 6.08. The molecule has 0 bridgehead atoms. The van der Waals surface area contributed by atoms with Crippen molar-refractivity contribution in [3.05, 3.63) is 0 Å². The first-order valence-corrected chi connectivity index (χ1v) is 1.80. The maximum absolute atomic E-state index is 8.02. The molecule has 0 aromatic heterocycles.